The van der Waals surface area contributed by atoms with E-state index in [0.29, 0.717) is 17.7 Å². The van der Waals surface area contributed by atoms with Crippen LogP contribution in [0.5, 0.6) is 0 Å². The average Bonchev–Trinajstić information content (AvgIpc) is 3.14. The molecule has 0 aromatic heterocycles. The van der Waals surface area contributed by atoms with Crippen molar-refractivity contribution >= 4 is 17.5 Å². The molecular formula is C31H41NO3. The van der Waals surface area contributed by atoms with Crippen LogP contribution in [0.25, 0.3) is 11.1 Å². The smallest absolute Gasteiger partial charge is 0.318 e. The van der Waals surface area contributed by atoms with E-state index < -0.39 is 5.97 Å². The predicted molar refractivity (Wildman–Crippen MR) is 144 cm³/mol. The molecule has 188 valence electrons. The number of hydrogen-bond donors (Lipinski definition) is 0. The Balaban J connectivity index is 2.03. The normalized spacial score (nSPS) is 13.9. The molecule has 0 atom stereocenters. The highest BCUT2D eigenvalue weighted by atomic mass is 16.7. The Kier molecular flexibility index (Phi) is 9.83. The van der Waals surface area contributed by atoms with Gasteiger partial charge in [0.2, 0.25) is 5.78 Å². The maximum absolute atomic E-state index is 13.6. The number of nitrogens with zero attached hydrogens (tertiary/aromatic N) is 1. The van der Waals surface area contributed by atoms with E-state index in [-0.39, 0.29) is 11.2 Å². The summed E-state index contributed by atoms with van der Waals surface area (Å²) < 4.78 is 0. The first-order chi connectivity index (χ1) is 17.0. The molecule has 0 fully saturated rings. The van der Waals surface area contributed by atoms with Crippen molar-refractivity contribution < 1.29 is 14.4 Å². The van der Waals surface area contributed by atoms with Gasteiger partial charge in [-0.05, 0) is 54.0 Å². The molecule has 35 heavy (non-hydrogen) atoms. The van der Waals surface area contributed by atoms with Gasteiger partial charge < -0.3 is 4.84 Å². The van der Waals surface area contributed by atoms with E-state index in [4.69, 9.17) is 4.84 Å². The van der Waals surface area contributed by atoms with E-state index in [2.05, 4.69) is 62.3 Å². The fraction of sp³-hybridized carbons (Fsp3) is 0.516. The van der Waals surface area contributed by atoms with Crippen molar-refractivity contribution in [1.82, 2.24) is 0 Å². The third-order valence-corrected chi connectivity index (χ3v) is 7.26. The van der Waals surface area contributed by atoms with Crippen LogP contribution in [0.15, 0.2) is 47.6 Å². The second kappa shape index (κ2) is 12.8. The summed E-state index contributed by atoms with van der Waals surface area (Å²) in [7, 11) is 0. The number of benzene rings is 2. The van der Waals surface area contributed by atoms with Gasteiger partial charge in [-0.3, -0.25) is 4.79 Å². The molecule has 4 nitrogen and oxygen atoms in total. The average molecular weight is 476 g/mol. The molecule has 0 unspecified atom stereocenters. The Hall–Kier alpha value is -2.75. The van der Waals surface area contributed by atoms with E-state index in [1.54, 1.807) is 0 Å². The molecule has 0 aliphatic heterocycles. The number of Topliss-reactive ketones (excluding diaryl/α,β-unsaturated/α-hetero) is 1. The zero-order chi connectivity index (χ0) is 25.3. The molecule has 3 rings (SSSR count). The van der Waals surface area contributed by atoms with Crippen LogP contribution in [0, 0.1) is 0 Å². The van der Waals surface area contributed by atoms with Gasteiger partial charge in [-0.25, -0.2) is 4.79 Å². The summed E-state index contributed by atoms with van der Waals surface area (Å²) in [5.41, 5.74) is 6.10. The van der Waals surface area contributed by atoms with Gasteiger partial charge in [0.1, 0.15) is 5.71 Å². The van der Waals surface area contributed by atoms with Gasteiger partial charge in [0.15, 0.2) is 0 Å². The van der Waals surface area contributed by atoms with E-state index in [0.717, 1.165) is 64.2 Å². The third kappa shape index (κ3) is 6.09. The summed E-state index contributed by atoms with van der Waals surface area (Å²) in [4.78, 5) is 29.9. The van der Waals surface area contributed by atoms with Crippen LogP contribution in [-0.2, 0) is 15.0 Å². The quantitative estimate of drug-likeness (QED) is 0.0906. The van der Waals surface area contributed by atoms with Crippen molar-refractivity contribution in [3.63, 3.8) is 0 Å². The van der Waals surface area contributed by atoms with Crippen LogP contribution in [0.3, 0.4) is 0 Å². The first kappa shape index (κ1) is 26.8. The first-order valence-corrected chi connectivity index (χ1v) is 13.5. The van der Waals surface area contributed by atoms with Gasteiger partial charge in [0.05, 0.1) is 0 Å². The monoisotopic (exact) mass is 475 g/mol. The predicted octanol–water partition coefficient (Wildman–Crippen LogP) is 8.41. The van der Waals surface area contributed by atoms with Crippen molar-refractivity contribution in [1.29, 1.82) is 0 Å². The summed E-state index contributed by atoms with van der Waals surface area (Å²) >= 11 is 0. The van der Waals surface area contributed by atoms with E-state index in [1.165, 1.54) is 29.2 Å². The largest absolute Gasteiger partial charge is 0.331 e. The molecule has 0 saturated heterocycles. The fourth-order valence-electron chi connectivity index (χ4n) is 5.42. The molecule has 0 bridgehead atoms. The second-order valence-electron chi connectivity index (χ2n) is 9.86. The number of hydrogen-bond acceptors (Lipinski definition) is 4. The van der Waals surface area contributed by atoms with Crippen LogP contribution in [0.2, 0.25) is 0 Å². The molecule has 0 amide bonds. The number of oxime groups is 1. The number of carbonyl (C=O) groups excluding carboxylic acids is 2. The van der Waals surface area contributed by atoms with E-state index in [9.17, 15) is 9.59 Å². The van der Waals surface area contributed by atoms with Gasteiger partial charge in [0, 0.05) is 17.9 Å². The van der Waals surface area contributed by atoms with Gasteiger partial charge in [0.25, 0.3) is 0 Å². The first-order valence-electron chi connectivity index (χ1n) is 13.5. The van der Waals surface area contributed by atoms with Crippen LogP contribution in [0.4, 0.5) is 0 Å². The molecule has 0 N–H and O–H groups in total. The van der Waals surface area contributed by atoms with E-state index in [1.807, 2.05) is 6.07 Å². The van der Waals surface area contributed by atoms with E-state index >= 15 is 0 Å². The van der Waals surface area contributed by atoms with Gasteiger partial charge in [-0.2, -0.15) is 0 Å². The van der Waals surface area contributed by atoms with Gasteiger partial charge in [-0.1, -0.05) is 107 Å². The summed E-state index contributed by atoms with van der Waals surface area (Å²) in [5.74, 6) is -0.646. The minimum Gasteiger partial charge on any atom is -0.318 e. The second-order valence-corrected chi connectivity index (χ2v) is 9.86. The van der Waals surface area contributed by atoms with Gasteiger partial charge >= 0.3 is 5.97 Å². The highest BCUT2D eigenvalue weighted by Crippen LogP contribution is 2.54. The van der Waals surface area contributed by atoms with Crippen molar-refractivity contribution in [2.24, 2.45) is 5.16 Å². The zero-order valence-electron chi connectivity index (χ0n) is 22.0. The summed E-state index contributed by atoms with van der Waals surface area (Å²) in [6.07, 6.45) is 11.4. The number of ketones is 1. The highest BCUT2D eigenvalue weighted by molar-refractivity contribution is 6.46. The molecule has 1 aliphatic rings. The molecule has 2 aromatic carbocycles. The Morgan fingerprint density at radius 3 is 2.11 bits per heavy atom. The lowest BCUT2D eigenvalue weighted by Crippen LogP contribution is -2.26. The van der Waals surface area contributed by atoms with Crippen LogP contribution in [-0.4, -0.2) is 17.5 Å². The SMILES string of the molecule is CCCCCC/C(=N\OC(C)=O)C(=O)c1ccc2c(c1)C(CCCC)(CCCC)c1ccccc1-2. The van der Waals surface area contributed by atoms with Crippen LogP contribution < -0.4 is 0 Å². The molecule has 0 radical (unpaired) electrons. The Morgan fingerprint density at radius 2 is 1.46 bits per heavy atom. The fourth-order valence-corrected chi connectivity index (χ4v) is 5.42. The molecule has 0 saturated carbocycles. The maximum Gasteiger partial charge on any atom is 0.331 e. The zero-order valence-corrected chi connectivity index (χ0v) is 22.0. The molecule has 1 aliphatic carbocycles. The summed E-state index contributed by atoms with van der Waals surface area (Å²) in [5, 5.41) is 3.98. The lowest BCUT2D eigenvalue weighted by Gasteiger charge is -2.32. The van der Waals surface area contributed by atoms with Crippen molar-refractivity contribution in [3.05, 3.63) is 59.2 Å². The standard InChI is InChI=1S/C31H41NO3/c1-5-8-11-12-17-29(32-35-23(4)33)30(34)24-18-19-26-25-15-13-14-16-27(25)31(20-9-6-2,21-10-7-3)28(26)22-24/h13-16,18-19,22H,5-12,17,20-21H2,1-4H3/b32-29+. The van der Waals surface area contributed by atoms with Crippen LogP contribution in [0.1, 0.15) is 120 Å². The maximum atomic E-state index is 13.6. The Labute approximate surface area is 211 Å². The van der Waals surface area contributed by atoms with Crippen LogP contribution >= 0.6 is 0 Å². The molecular weight excluding hydrogens is 434 g/mol. The number of fused-ring (bicyclic) bond motifs is 3. The Morgan fingerprint density at radius 1 is 0.800 bits per heavy atom. The summed E-state index contributed by atoms with van der Waals surface area (Å²) in [6.45, 7) is 7.95. The number of unbranched alkanes of at least 4 members (excludes halogenated alkanes) is 5. The minimum atomic E-state index is -0.508. The summed E-state index contributed by atoms with van der Waals surface area (Å²) in [6, 6.07) is 14.9. The van der Waals surface area contributed by atoms with Crippen molar-refractivity contribution in [2.45, 2.75) is 104 Å². The lowest BCUT2D eigenvalue weighted by molar-refractivity contribution is -0.140. The molecule has 4 heteroatoms. The number of carbonyl (C=O) groups is 2. The highest BCUT2D eigenvalue weighted by Gasteiger charge is 2.42. The molecule has 0 spiro atoms. The number of rotatable bonds is 14. The molecule has 2 aromatic rings. The lowest BCUT2D eigenvalue weighted by atomic mass is 9.70. The topological polar surface area (TPSA) is 55.7 Å². The van der Waals surface area contributed by atoms with Crippen molar-refractivity contribution in [3.8, 4) is 11.1 Å². The van der Waals surface area contributed by atoms with Crippen molar-refractivity contribution in [2.75, 3.05) is 0 Å². The molecule has 0 heterocycles. The minimum absolute atomic E-state index is 0.0669. The van der Waals surface area contributed by atoms with Gasteiger partial charge in [-0.15, -0.1) is 0 Å². The third-order valence-electron chi connectivity index (χ3n) is 7.26. The Bertz CT molecular complexity index is 1040.